The monoisotopic (exact) mass is 280 g/mol. The molecule has 3 nitrogen and oxygen atoms in total. The Hall–Kier alpha value is -2.50. The first-order valence-corrected chi connectivity index (χ1v) is 5.70. The second-order valence-corrected chi connectivity index (χ2v) is 4.32. The van der Waals surface area contributed by atoms with Gasteiger partial charge >= 0.3 is 0 Å². The molecule has 0 saturated heterocycles. The van der Waals surface area contributed by atoms with Gasteiger partial charge in [0, 0.05) is 11.8 Å². The van der Waals surface area contributed by atoms with Crippen LogP contribution in [-0.2, 0) is 0 Å². The molecule has 0 atom stereocenters. The first-order valence-electron chi connectivity index (χ1n) is 5.70. The van der Waals surface area contributed by atoms with Crippen molar-refractivity contribution in [2.45, 2.75) is 6.92 Å². The van der Waals surface area contributed by atoms with E-state index in [-0.39, 0.29) is 11.4 Å². The molecular weight excluding hydrogens is 269 g/mol. The molecule has 3 N–H and O–H groups in total. The molecule has 0 unspecified atom stereocenters. The van der Waals surface area contributed by atoms with Gasteiger partial charge in [0.15, 0.2) is 0 Å². The van der Waals surface area contributed by atoms with Crippen LogP contribution in [0.4, 0.5) is 24.5 Å². The molecule has 0 fully saturated rings. The van der Waals surface area contributed by atoms with Gasteiger partial charge < -0.3 is 11.1 Å². The van der Waals surface area contributed by atoms with Crippen LogP contribution in [0, 0.1) is 24.4 Å². The van der Waals surface area contributed by atoms with Crippen LogP contribution in [0.25, 0.3) is 0 Å². The molecule has 0 aliphatic heterocycles. The summed E-state index contributed by atoms with van der Waals surface area (Å²) in [7, 11) is 0. The molecule has 0 radical (unpaired) electrons. The summed E-state index contributed by atoms with van der Waals surface area (Å²) >= 11 is 0. The highest BCUT2D eigenvalue weighted by molar-refractivity contribution is 6.05. The van der Waals surface area contributed by atoms with E-state index in [2.05, 4.69) is 5.32 Å². The number of nitrogens with two attached hydrogens (primary N) is 1. The standard InChI is InChI=1S/C14H11F3N2O/c1-7-2-8(15)4-9(3-7)19-14(20)10-5-13(18)12(17)6-11(10)16/h2-6H,18H2,1H3,(H,19,20). The van der Waals surface area contributed by atoms with E-state index in [0.29, 0.717) is 11.6 Å². The molecule has 0 spiro atoms. The van der Waals surface area contributed by atoms with Crippen LogP contribution in [0.5, 0.6) is 0 Å². The quantitative estimate of drug-likeness (QED) is 0.830. The highest BCUT2D eigenvalue weighted by Crippen LogP contribution is 2.19. The zero-order valence-electron chi connectivity index (χ0n) is 10.5. The molecule has 2 aromatic rings. The van der Waals surface area contributed by atoms with Crippen LogP contribution < -0.4 is 11.1 Å². The second-order valence-electron chi connectivity index (χ2n) is 4.32. The summed E-state index contributed by atoms with van der Waals surface area (Å²) in [6.45, 7) is 1.65. The average Bonchev–Trinajstić information content (AvgIpc) is 2.32. The van der Waals surface area contributed by atoms with Gasteiger partial charge in [-0.05, 0) is 36.8 Å². The largest absolute Gasteiger partial charge is 0.396 e. The van der Waals surface area contributed by atoms with E-state index in [1.807, 2.05) is 0 Å². The van der Waals surface area contributed by atoms with Gasteiger partial charge in [-0.2, -0.15) is 0 Å². The predicted molar refractivity (Wildman–Crippen MR) is 69.9 cm³/mol. The van der Waals surface area contributed by atoms with Gasteiger partial charge in [0.1, 0.15) is 17.5 Å². The molecular formula is C14H11F3N2O. The Bertz CT molecular complexity index is 666. The van der Waals surface area contributed by atoms with Crippen LogP contribution in [0.2, 0.25) is 0 Å². The van der Waals surface area contributed by atoms with Crippen molar-refractivity contribution in [2.75, 3.05) is 11.1 Å². The fourth-order valence-corrected chi connectivity index (χ4v) is 1.75. The van der Waals surface area contributed by atoms with E-state index >= 15 is 0 Å². The second kappa shape index (κ2) is 5.24. The van der Waals surface area contributed by atoms with E-state index in [9.17, 15) is 18.0 Å². The van der Waals surface area contributed by atoms with E-state index in [1.165, 1.54) is 12.1 Å². The van der Waals surface area contributed by atoms with E-state index in [0.717, 1.165) is 12.1 Å². The summed E-state index contributed by atoms with van der Waals surface area (Å²) in [6, 6.07) is 5.32. The van der Waals surface area contributed by atoms with Crippen molar-refractivity contribution in [3.8, 4) is 0 Å². The number of aryl methyl sites for hydroxylation is 1. The number of halogens is 3. The minimum absolute atomic E-state index is 0.176. The number of hydrogen-bond donors (Lipinski definition) is 2. The normalized spacial score (nSPS) is 10.4. The third kappa shape index (κ3) is 2.90. The summed E-state index contributed by atoms with van der Waals surface area (Å²) in [5, 5.41) is 2.33. The molecule has 0 aliphatic carbocycles. The Balaban J connectivity index is 2.30. The molecule has 104 valence electrons. The van der Waals surface area contributed by atoms with Crippen molar-refractivity contribution in [1.82, 2.24) is 0 Å². The summed E-state index contributed by atoms with van der Waals surface area (Å²) in [4.78, 5) is 11.9. The van der Waals surface area contributed by atoms with Crippen molar-refractivity contribution < 1.29 is 18.0 Å². The molecule has 0 saturated carbocycles. The van der Waals surface area contributed by atoms with Crippen molar-refractivity contribution >= 4 is 17.3 Å². The Kier molecular flexibility index (Phi) is 3.65. The number of anilines is 2. The van der Waals surface area contributed by atoms with Crippen LogP contribution in [0.15, 0.2) is 30.3 Å². The van der Waals surface area contributed by atoms with E-state index < -0.39 is 28.9 Å². The zero-order chi connectivity index (χ0) is 14.9. The van der Waals surface area contributed by atoms with Crippen LogP contribution in [-0.4, -0.2) is 5.91 Å². The summed E-state index contributed by atoms with van der Waals surface area (Å²) in [5.41, 5.74) is 5.31. The Morgan fingerprint density at radius 2 is 1.75 bits per heavy atom. The summed E-state index contributed by atoms with van der Waals surface area (Å²) < 4.78 is 39.7. The number of rotatable bonds is 2. The van der Waals surface area contributed by atoms with Gasteiger partial charge in [0.25, 0.3) is 5.91 Å². The molecule has 0 heterocycles. The minimum atomic E-state index is -1.04. The highest BCUT2D eigenvalue weighted by atomic mass is 19.1. The molecule has 0 aromatic heterocycles. The molecule has 2 aromatic carbocycles. The fourth-order valence-electron chi connectivity index (χ4n) is 1.75. The van der Waals surface area contributed by atoms with Gasteiger partial charge in [0.05, 0.1) is 11.3 Å². The smallest absolute Gasteiger partial charge is 0.258 e. The SMILES string of the molecule is Cc1cc(F)cc(NC(=O)c2cc(N)c(F)cc2F)c1. The van der Waals surface area contributed by atoms with E-state index in [4.69, 9.17) is 5.73 Å². The number of benzene rings is 2. The number of nitrogen functional groups attached to an aromatic ring is 1. The fraction of sp³-hybridized carbons (Fsp3) is 0.0714. The Labute approximate surface area is 113 Å². The van der Waals surface area contributed by atoms with Crippen molar-refractivity contribution in [2.24, 2.45) is 0 Å². The van der Waals surface area contributed by atoms with Gasteiger partial charge in [-0.3, -0.25) is 4.79 Å². The highest BCUT2D eigenvalue weighted by Gasteiger charge is 2.15. The van der Waals surface area contributed by atoms with Crippen molar-refractivity contribution in [1.29, 1.82) is 0 Å². The van der Waals surface area contributed by atoms with Crippen LogP contribution in [0.3, 0.4) is 0 Å². The number of carbonyl (C=O) groups is 1. The van der Waals surface area contributed by atoms with Gasteiger partial charge in [-0.15, -0.1) is 0 Å². The lowest BCUT2D eigenvalue weighted by Gasteiger charge is -2.08. The Morgan fingerprint density at radius 1 is 1.05 bits per heavy atom. The lowest BCUT2D eigenvalue weighted by atomic mass is 10.1. The molecule has 20 heavy (non-hydrogen) atoms. The molecule has 6 heteroatoms. The van der Waals surface area contributed by atoms with Gasteiger partial charge in [0.2, 0.25) is 0 Å². The van der Waals surface area contributed by atoms with E-state index in [1.54, 1.807) is 6.92 Å². The van der Waals surface area contributed by atoms with Crippen molar-refractivity contribution in [3.05, 3.63) is 58.9 Å². The van der Waals surface area contributed by atoms with Gasteiger partial charge in [-0.1, -0.05) is 0 Å². The summed E-state index contributed by atoms with van der Waals surface area (Å²) in [6.07, 6.45) is 0. The first kappa shape index (κ1) is 13.9. The zero-order valence-corrected chi connectivity index (χ0v) is 10.5. The number of carbonyl (C=O) groups excluding carboxylic acids is 1. The maximum absolute atomic E-state index is 13.5. The third-order valence-corrected chi connectivity index (χ3v) is 2.63. The maximum atomic E-state index is 13.5. The lowest BCUT2D eigenvalue weighted by Crippen LogP contribution is -2.15. The lowest BCUT2D eigenvalue weighted by molar-refractivity contribution is 0.102. The van der Waals surface area contributed by atoms with Crippen LogP contribution >= 0.6 is 0 Å². The van der Waals surface area contributed by atoms with Crippen LogP contribution in [0.1, 0.15) is 15.9 Å². The number of amides is 1. The maximum Gasteiger partial charge on any atom is 0.258 e. The molecule has 0 aliphatic rings. The van der Waals surface area contributed by atoms with Crippen molar-refractivity contribution in [3.63, 3.8) is 0 Å². The number of hydrogen-bond acceptors (Lipinski definition) is 2. The first-order chi connectivity index (χ1) is 9.36. The predicted octanol–water partition coefficient (Wildman–Crippen LogP) is 3.25. The minimum Gasteiger partial charge on any atom is -0.396 e. The topological polar surface area (TPSA) is 55.1 Å². The number of nitrogens with one attached hydrogen (secondary N) is 1. The molecule has 2 rings (SSSR count). The average molecular weight is 280 g/mol. The third-order valence-electron chi connectivity index (χ3n) is 2.63. The Morgan fingerprint density at radius 3 is 2.40 bits per heavy atom. The summed E-state index contributed by atoms with van der Waals surface area (Å²) in [5.74, 6) is -3.35. The molecule has 0 bridgehead atoms. The van der Waals surface area contributed by atoms with Gasteiger partial charge in [-0.25, -0.2) is 13.2 Å². The molecule has 1 amide bonds.